The molecule has 2 nitrogen and oxygen atoms in total. The molecule has 0 rings (SSSR count). The molecule has 0 saturated carbocycles. The number of nitrogens with two attached hydrogens (primary N) is 1. The first-order valence-electron chi connectivity index (χ1n) is 3.26. The lowest BCUT2D eigenvalue weighted by atomic mass is 9.93. The van der Waals surface area contributed by atoms with Crippen molar-refractivity contribution in [2.75, 3.05) is 0 Å². The summed E-state index contributed by atoms with van der Waals surface area (Å²) in [5.41, 5.74) is 5.11. The molecule has 0 aromatic heterocycles. The molecule has 1 atom stereocenters. The quantitative estimate of drug-likeness (QED) is 0.627. The predicted octanol–water partition coefficient (Wildman–Crippen LogP) is 1.13. The lowest BCUT2D eigenvalue weighted by Crippen LogP contribution is -2.31. The van der Waals surface area contributed by atoms with E-state index >= 15 is 0 Å². The van der Waals surface area contributed by atoms with E-state index in [4.69, 9.17) is 18.0 Å². The Morgan fingerprint density at radius 1 is 1.50 bits per heavy atom. The summed E-state index contributed by atoms with van der Waals surface area (Å²) < 4.78 is 0. The molecule has 0 fully saturated rings. The summed E-state index contributed by atoms with van der Waals surface area (Å²) in [5, 5.41) is 0. The van der Waals surface area contributed by atoms with Crippen molar-refractivity contribution in [3.05, 3.63) is 0 Å². The average Bonchev–Trinajstić information content (AvgIpc) is 1.59. The van der Waals surface area contributed by atoms with Crippen LogP contribution in [0.15, 0.2) is 0 Å². The standard InChI is InChI=1S/C7H13NOS/c1-4(2)6(5(3)10)7(8)9/h4,6H,1-3H3,(H2,8,9). The van der Waals surface area contributed by atoms with E-state index in [1.165, 1.54) is 0 Å². The first-order chi connectivity index (χ1) is 4.46. The van der Waals surface area contributed by atoms with Gasteiger partial charge in [-0.25, -0.2) is 0 Å². The van der Waals surface area contributed by atoms with Gasteiger partial charge < -0.3 is 5.73 Å². The van der Waals surface area contributed by atoms with Gasteiger partial charge in [0.25, 0.3) is 0 Å². The highest BCUT2D eigenvalue weighted by atomic mass is 32.1. The molecular weight excluding hydrogens is 146 g/mol. The summed E-state index contributed by atoms with van der Waals surface area (Å²) in [7, 11) is 0. The van der Waals surface area contributed by atoms with Crippen molar-refractivity contribution < 1.29 is 4.79 Å². The van der Waals surface area contributed by atoms with Crippen LogP contribution in [0.1, 0.15) is 20.8 Å². The van der Waals surface area contributed by atoms with Crippen LogP contribution < -0.4 is 5.73 Å². The van der Waals surface area contributed by atoms with E-state index in [2.05, 4.69) is 0 Å². The fourth-order valence-electron chi connectivity index (χ4n) is 0.998. The molecule has 0 spiro atoms. The second-order valence-electron chi connectivity index (χ2n) is 2.73. The second-order valence-corrected chi connectivity index (χ2v) is 3.38. The zero-order chi connectivity index (χ0) is 8.31. The zero-order valence-corrected chi connectivity index (χ0v) is 7.37. The van der Waals surface area contributed by atoms with Gasteiger partial charge in [-0.3, -0.25) is 4.79 Å². The summed E-state index contributed by atoms with van der Waals surface area (Å²) in [6, 6.07) is 0. The summed E-state index contributed by atoms with van der Waals surface area (Å²) >= 11 is 4.87. The molecule has 0 heterocycles. The minimum atomic E-state index is -0.317. The fraction of sp³-hybridized carbons (Fsp3) is 0.714. The molecule has 1 unspecified atom stereocenters. The highest BCUT2D eigenvalue weighted by Crippen LogP contribution is 2.11. The van der Waals surface area contributed by atoms with Crippen LogP contribution in [0.3, 0.4) is 0 Å². The van der Waals surface area contributed by atoms with Gasteiger partial charge in [0, 0.05) is 4.86 Å². The number of hydrogen-bond acceptors (Lipinski definition) is 2. The molecule has 3 heteroatoms. The van der Waals surface area contributed by atoms with Gasteiger partial charge in [0.1, 0.15) is 0 Å². The molecule has 0 aliphatic heterocycles. The topological polar surface area (TPSA) is 43.1 Å². The molecule has 0 bridgehead atoms. The summed E-state index contributed by atoms with van der Waals surface area (Å²) in [6.07, 6.45) is 0. The summed E-state index contributed by atoms with van der Waals surface area (Å²) in [6.45, 7) is 5.63. The third-order valence-corrected chi connectivity index (χ3v) is 1.67. The van der Waals surface area contributed by atoms with Crippen molar-refractivity contribution in [2.45, 2.75) is 20.8 Å². The van der Waals surface area contributed by atoms with Gasteiger partial charge in [-0.2, -0.15) is 0 Å². The third kappa shape index (κ3) is 2.43. The van der Waals surface area contributed by atoms with E-state index in [1.54, 1.807) is 6.92 Å². The Morgan fingerprint density at radius 3 is 1.90 bits per heavy atom. The van der Waals surface area contributed by atoms with Gasteiger partial charge in [0.15, 0.2) is 0 Å². The second kappa shape index (κ2) is 3.66. The number of carbonyl (C=O) groups excluding carboxylic acids is 1. The lowest BCUT2D eigenvalue weighted by molar-refractivity contribution is -0.120. The Labute approximate surface area is 66.8 Å². The number of thiocarbonyl (C=S) groups is 1. The number of amides is 1. The Kier molecular flexibility index (Phi) is 3.50. The molecule has 10 heavy (non-hydrogen) atoms. The fourth-order valence-corrected chi connectivity index (χ4v) is 1.39. The number of hydrogen-bond donors (Lipinski definition) is 1. The van der Waals surface area contributed by atoms with Crippen LogP contribution in [0.5, 0.6) is 0 Å². The highest BCUT2D eigenvalue weighted by molar-refractivity contribution is 7.80. The summed E-state index contributed by atoms with van der Waals surface area (Å²) in [4.78, 5) is 11.4. The van der Waals surface area contributed by atoms with Crippen molar-refractivity contribution in [3.8, 4) is 0 Å². The number of primary amides is 1. The minimum Gasteiger partial charge on any atom is -0.369 e. The Hall–Kier alpha value is -0.440. The Balaban J connectivity index is 4.27. The molecule has 0 aliphatic carbocycles. The van der Waals surface area contributed by atoms with Gasteiger partial charge >= 0.3 is 0 Å². The highest BCUT2D eigenvalue weighted by Gasteiger charge is 2.20. The molecule has 0 saturated heterocycles. The van der Waals surface area contributed by atoms with E-state index < -0.39 is 0 Å². The van der Waals surface area contributed by atoms with Crippen LogP contribution in [0, 0.1) is 11.8 Å². The largest absolute Gasteiger partial charge is 0.369 e. The van der Waals surface area contributed by atoms with Gasteiger partial charge in [-0.05, 0) is 12.8 Å². The van der Waals surface area contributed by atoms with Gasteiger partial charge in [-0.1, -0.05) is 26.1 Å². The third-order valence-electron chi connectivity index (χ3n) is 1.41. The van der Waals surface area contributed by atoms with Crippen LogP contribution in [0.4, 0.5) is 0 Å². The van der Waals surface area contributed by atoms with Crippen LogP contribution >= 0.6 is 12.2 Å². The first kappa shape index (κ1) is 9.56. The SMILES string of the molecule is CC(=S)C(C(N)=O)C(C)C. The van der Waals surface area contributed by atoms with E-state index in [1.807, 2.05) is 13.8 Å². The molecule has 0 aromatic carbocycles. The number of rotatable bonds is 3. The normalized spacial score (nSPS) is 13.2. The van der Waals surface area contributed by atoms with Crippen molar-refractivity contribution in [3.63, 3.8) is 0 Å². The van der Waals surface area contributed by atoms with Crippen molar-refractivity contribution in [2.24, 2.45) is 17.6 Å². The van der Waals surface area contributed by atoms with E-state index in [-0.39, 0.29) is 17.7 Å². The van der Waals surface area contributed by atoms with Crippen molar-refractivity contribution in [1.82, 2.24) is 0 Å². The molecular formula is C7H13NOS. The van der Waals surface area contributed by atoms with E-state index in [9.17, 15) is 4.79 Å². The lowest BCUT2D eigenvalue weighted by Gasteiger charge is -2.14. The van der Waals surface area contributed by atoms with Crippen molar-refractivity contribution >= 4 is 23.0 Å². The van der Waals surface area contributed by atoms with Crippen LogP contribution in [0.25, 0.3) is 0 Å². The van der Waals surface area contributed by atoms with E-state index in [0.29, 0.717) is 4.86 Å². The van der Waals surface area contributed by atoms with E-state index in [0.717, 1.165) is 0 Å². The zero-order valence-electron chi connectivity index (χ0n) is 6.55. The maximum absolute atomic E-state index is 10.7. The Bertz CT molecular complexity index is 140. The number of carbonyl (C=O) groups is 1. The van der Waals surface area contributed by atoms with Crippen LogP contribution in [-0.2, 0) is 4.79 Å². The van der Waals surface area contributed by atoms with Gasteiger partial charge in [0.05, 0.1) is 5.92 Å². The Morgan fingerprint density at radius 2 is 1.90 bits per heavy atom. The molecule has 1 amide bonds. The molecule has 2 N–H and O–H groups in total. The predicted molar refractivity (Wildman–Crippen MR) is 45.8 cm³/mol. The molecule has 0 radical (unpaired) electrons. The molecule has 0 aromatic rings. The van der Waals surface area contributed by atoms with Gasteiger partial charge in [0.2, 0.25) is 5.91 Å². The smallest absolute Gasteiger partial charge is 0.225 e. The molecule has 58 valence electrons. The van der Waals surface area contributed by atoms with Crippen molar-refractivity contribution in [1.29, 1.82) is 0 Å². The van der Waals surface area contributed by atoms with Gasteiger partial charge in [-0.15, -0.1) is 0 Å². The van der Waals surface area contributed by atoms with Crippen LogP contribution in [0.2, 0.25) is 0 Å². The average molecular weight is 159 g/mol. The summed E-state index contributed by atoms with van der Waals surface area (Å²) in [5.74, 6) is -0.340. The first-order valence-corrected chi connectivity index (χ1v) is 3.67. The maximum Gasteiger partial charge on any atom is 0.225 e. The minimum absolute atomic E-state index is 0.218. The monoisotopic (exact) mass is 159 g/mol. The molecule has 0 aliphatic rings. The van der Waals surface area contributed by atoms with Crippen LogP contribution in [-0.4, -0.2) is 10.8 Å². The maximum atomic E-state index is 10.7.